The van der Waals surface area contributed by atoms with Gasteiger partial charge in [-0.25, -0.2) is 9.97 Å². The van der Waals surface area contributed by atoms with Gasteiger partial charge >= 0.3 is 12.4 Å². The van der Waals surface area contributed by atoms with Crippen molar-refractivity contribution in [3.8, 4) is 5.69 Å². The van der Waals surface area contributed by atoms with E-state index < -0.39 is 24.1 Å². The second-order valence-corrected chi connectivity index (χ2v) is 9.64. The molecule has 198 valence electrons. The predicted molar refractivity (Wildman–Crippen MR) is 122 cm³/mol. The summed E-state index contributed by atoms with van der Waals surface area (Å²) in [5.41, 5.74) is 0.286. The lowest BCUT2D eigenvalue weighted by atomic mass is 9.95. The van der Waals surface area contributed by atoms with Gasteiger partial charge in [-0.2, -0.15) is 26.3 Å². The number of fused-ring (bicyclic) bond motifs is 3. The molecule has 0 amide bonds. The van der Waals surface area contributed by atoms with Crippen LogP contribution in [0.3, 0.4) is 0 Å². The van der Waals surface area contributed by atoms with Gasteiger partial charge in [0.2, 0.25) is 5.95 Å². The van der Waals surface area contributed by atoms with Crippen LogP contribution in [0, 0.1) is 0 Å². The fourth-order valence-electron chi connectivity index (χ4n) is 4.79. The largest absolute Gasteiger partial charge is 0.433 e. The lowest BCUT2D eigenvalue weighted by molar-refractivity contribution is -0.182. The van der Waals surface area contributed by atoms with Gasteiger partial charge in [-0.1, -0.05) is 11.6 Å². The third kappa shape index (κ3) is 5.11. The summed E-state index contributed by atoms with van der Waals surface area (Å²) in [7, 11) is 0. The van der Waals surface area contributed by atoms with Crippen molar-refractivity contribution in [2.45, 2.75) is 57.2 Å². The fourth-order valence-corrected chi connectivity index (χ4v) is 4.99. The highest BCUT2D eigenvalue weighted by molar-refractivity contribution is 6.30. The summed E-state index contributed by atoms with van der Waals surface area (Å²) in [5, 5.41) is 9.02. The molecule has 5 rings (SSSR count). The predicted octanol–water partition coefficient (Wildman–Crippen LogP) is 5.38. The van der Waals surface area contributed by atoms with Crippen LogP contribution in [0.2, 0.25) is 5.02 Å². The molecule has 2 aliphatic rings. The van der Waals surface area contributed by atoms with E-state index >= 15 is 0 Å². The third-order valence-electron chi connectivity index (χ3n) is 6.85. The highest BCUT2D eigenvalue weighted by Crippen LogP contribution is 2.36. The molecule has 0 N–H and O–H groups in total. The van der Waals surface area contributed by atoms with Crippen molar-refractivity contribution in [3.05, 3.63) is 58.4 Å². The molecule has 0 spiro atoms. The number of hydrogen-bond acceptors (Lipinski definition) is 6. The Kier molecular flexibility index (Phi) is 6.55. The van der Waals surface area contributed by atoms with Crippen molar-refractivity contribution in [1.82, 2.24) is 29.6 Å². The Labute approximate surface area is 213 Å². The van der Waals surface area contributed by atoms with Gasteiger partial charge in [0.15, 0.2) is 5.82 Å². The molecule has 37 heavy (non-hydrogen) atoms. The van der Waals surface area contributed by atoms with E-state index in [9.17, 15) is 26.3 Å². The zero-order chi connectivity index (χ0) is 26.5. The fraction of sp³-hybridized carbons (Fsp3) is 0.478. The third-order valence-corrected chi connectivity index (χ3v) is 7.09. The van der Waals surface area contributed by atoms with Crippen molar-refractivity contribution in [2.24, 2.45) is 0 Å². The Hall–Kier alpha value is -2.93. The first-order valence-electron chi connectivity index (χ1n) is 11.6. The van der Waals surface area contributed by atoms with Crippen molar-refractivity contribution in [2.75, 3.05) is 18.0 Å². The lowest BCUT2D eigenvalue weighted by Crippen LogP contribution is -2.42. The maximum Gasteiger partial charge on any atom is 0.433 e. The molecule has 0 bridgehead atoms. The molecule has 1 unspecified atom stereocenters. The number of nitrogens with zero attached hydrogens (tertiary/aromatic N) is 7. The number of piperidine rings is 1. The summed E-state index contributed by atoms with van der Waals surface area (Å²) in [5.74, 6) is 0.879. The average Bonchev–Trinajstić information content (AvgIpc) is 3.18. The van der Waals surface area contributed by atoms with Crippen molar-refractivity contribution in [3.63, 3.8) is 0 Å². The summed E-state index contributed by atoms with van der Waals surface area (Å²) >= 11 is 6.18. The first kappa shape index (κ1) is 25.7. The standard InChI is InChI=1S/C23H22ClF6N7/c1-13(22(25,26)27)36-11-15-10-16(24)2-3-17(15)37-19(12-36)33-34-20(37)14-5-8-35(9-6-14)21-31-7-4-18(32-21)23(28,29)30/h2-4,7,10,13-14H,5-6,8-9,11-12H2,1H3. The van der Waals surface area contributed by atoms with Gasteiger partial charge in [0.25, 0.3) is 0 Å². The first-order valence-corrected chi connectivity index (χ1v) is 12.0. The molecule has 0 radical (unpaired) electrons. The van der Waals surface area contributed by atoms with Gasteiger partial charge < -0.3 is 4.90 Å². The number of aromatic nitrogens is 5. The van der Waals surface area contributed by atoms with E-state index in [0.29, 0.717) is 53.9 Å². The number of anilines is 1. The Bertz CT molecular complexity index is 1280. The normalized spacial score (nSPS) is 18.3. The van der Waals surface area contributed by atoms with Crippen LogP contribution in [-0.2, 0) is 19.3 Å². The van der Waals surface area contributed by atoms with Gasteiger partial charge in [-0.05, 0) is 49.6 Å². The maximum atomic E-state index is 13.6. The Morgan fingerprint density at radius 2 is 1.73 bits per heavy atom. The van der Waals surface area contributed by atoms with Crippen LogP contribution >= 0.6 is 11.6 Å². The number of rotatable bonds is 3. The van der Waals surface area contributed by atoms with Crippen molar-refractivity contribution < 1.29 is 26.3 Å². The zero-order valence-corrected chi connectivity index (χ0v) is 20.3. The van der Waals surface area contributed by atoms with Crippen LogP contribution in [0.1, 0.15) is 48.6 Å². The van der Waals surface area contributed by atoms with Crippen molar-refractivity contribution >= 4 is 17.5 Å². The summed E-state index contributed by atoms with van der Waals surface area (Å²) < 4.78 is 81.7. The van der Waals surface area contributed by atoms with E-state index in [-0.39, 0.29) is 25.0 Å². The first-order chi connectivity index (χ1) is 17.4. The van der Waals surface area contributed by atoms with Crippen LogP contribution in [-0.4, -0.2) is 54.9 Å². The average molecular weight is 546 g/mol. The minimum atomic E-state index is -4.57. The van der Waals surface area contributed by atoms with Gasteiger partial charge in [0, 0.05) is 36.8 Å². The molecule has 1 atom stereocenters. The molecule has 4 heterocycles. The maximum absolute atomic E-state index is 13.6. The highest BCUT2D eigenvalue weighted by Gasteiger charge is 2.42. The molecule has 14 heteroatoms. The molecule has 3 aromatic rings. The topological polar surface area (TPSA) is 63.0 Å². The summed E-state index contributed by atoms with van der Waals surface area (Å²) in [4.78, 5) is 10.6. The molecule has 0 aliphatic carbocycles. The molecule has 2 aliphatic heterocycles. The molecule has 1 fully saturated rings. The summed E-state index contributed by atoms with van der Waals surface area (Å²) in [6, 6.07) is 4.20. The second-order valence-electron chi connectivity index (χ2n) is 9.21. The number of halogens is 7. The molecular weight excluding hydrogens is 524 g/mol. The van der Waals surface area contributed by atoms with Crippen LogP contribution in [0.25, 0.3) is 5.69 Å². The SMILES string of the molecule is CC(N1Cc2cc(Cl)ccc2-n2c(nnc2C2CCN(c3nccc(C(F)(F)F)n3)CC2)C1)C(F)(F)F. The number of alkyl halides is 6. The Morgan fingerprint density at radius 1 is 1.00 bits per heavy atom. The quantitative estimate of drug-likeness (QED) is 0.412. The minimum Gasteiger partial charge on any atom is -0.341 e. The molecule has 2 aromatic heterocycles. The molecular formula is C23H22ClF6N7. The molecule has 1 saturated heterocycles. The highest BCUT2D eigenvalue weighted by atomic mass is 35.5. The van der Waals surface area contributed by atoms with Gasteiger partial charge in [0.1, 0.15) is 17.6 Å². The molecule has 7 nitrogen and oxygen atoms in total. The Morgan fingerprint density at radius 3 is 2.41 bits per heavy atom. The minimum absolute atomic E-state index is 0.00474. The number of benzene rings is 1. The number of hydrogen-bond donors (Lipinski definition) is 0. The van der Waals surface area contributed by atoms with E-state index in [1.165, 1.54) is 4.90 Å². The Balaban J connectivity index is 1.42. The lowest BCUT2D eigenvalue weighted by Gasteiger charge is -2.32. The zero-order valence-electron chi connectivity index (χ0n) is 19.6. The van der Waals surface area contributed by atoms with Crippen LogP contribution in [0.4, 0.5) is 32.3 Å². The van der Waals surface area contributed by atoms with E-state index in [1.54, 1.807) is 27.7 Å². The van der Waals surface area contributed by atoms with Crippen molar-refractivity contribution in [1.29, 1.82) is 0 Å². The monoisotopic (exact) mass is 545 g/mol. The molecule has 1 aromatic carbocycles. The second kappa shape index (κ2) is 9.43. The molecule has 0 saturated carbocycles. The van der Waals surface area contributed by atoms with Gasteiger partial charge in [-0.15, -0.1) is 10.2 Å². The van der Waals surface area contributed by atoms with E-state index in [4.69, 9.17) is 11.6 Å². The summed E-state index contributed by atoms with van der Waals surface area (Å²) in [6.45, 7) is 1.86. The van der Waals surface area contributed by atoms with Crippen LogP contribution in [0.5, 0.6) is 0 Å². The van der Waals surface area contributed by atoms with E-state index in [2.05, 4.69) is 20.2 Å². The van der Waals surface area contributed by atoms with Crippen LogP contribution in [0.15, 0.2) is 30.5 Å². The van der Waals surface area contributed by atoms with E-state index in [1.807, 2.05) is 0 Å². The van der Waals surface area contributed by atoms with Crippen LogP contribution < -0.4 is 4.90 Å². The van der Waals surface area contributed by atoms with Gasteiger partial charge in [0.05, 0.1) is 12.2 Å². The smallest absolute Gasteiger partial charge is 0.341 e. The van der Waals surface area contributed by atoms with Gasteiger partial charge in [-0.3, -0.25) is 9.47 Å². The summed E-state index contributed by atoms with van der Waals surface area (Å²) in [6.07, 6.45) is -6.84. The van der Waals surface area contributed by atoms with E-state index in [0.717, 1.165) is 19.2 Å².